The molecule has 0 spiro atoms. The Balaban J connectivity index is 1.96. The van der Waals surface area contributed by atoms with Crippen molar-refractivity contribution in [2.45, 2.75) is 23.8 Å². The van der Waals surface area contributed by atoms with Crippen LogP contribution in [0.2, 0.25) is 5.02 Å². The molecule has 0 aliphatic carbocycles. The van der Waals surface area contributed by atoms with Crippen molar-refractivity contribution in [3.8, 4) is 0 Å². The molecule has 0 fully saturated rings. The van der Waals surface area contributed by atoms with Crippen molar-refractivity contribution in [1.29, 1.82) is 0 Å². The van der Waals surface area contributed by atoms with E-state index in [0.29, 0.717) is 15.9 Å². The van der Waals surface area contributed by atoms with Gasteiger partial charge < -0.3 is 10.5 Å². The molecule has 0 saturated heterocycles. The number of aromatic nitrogens is 3. The Hall–Kier alpha value is -2.06. The molecule has 0 unspecified atom stereocenters. The maximum Gasteiger partial charge on any atom is 0.306 e. The first-order valence-electron chi connectivity index (χ1n) is 6.69. The van der Waals surface area contributed by atoms with Crippen LogP contribution in [0.1, 0.15) is 23.2 Å². The second-order valence-electron chi connectivity index (χ2n) is 4.55. The predicted molar refractivity (Wildman–Crippen MR) is 87.3 cm³/mol. The molecule has 2 rings (SSSR count). The summed E-state index contributed by atoms with van der Waals surface area (Å²) < 4.78 is 5.49. The van der Waals surface area contributed by atoms with E-state index in [-0.39, 0.29) is 18.8 Å². The van der Waals surface area contributed by atoms with Crippen molar-refractivity contribution in [2.24, 2.45) is 0 Å². The highest BCUT2D eigenvalue weighted by Crippen LogP contribution is 2.21. The average molecular weight is 355 g/mol. The number of carbonyl (C=O) groups is 2. The Morgan fingerprint density at radius 1 is 1.30 bits per heavy atom. The van der Waals surface area contributed by atoms with Crippen molar-refractivity contribution in [2.75, 3.05) is 12.8 Å². The van der Waals surface area contributed by atoms with Crippen LogP contribution in [0.4, 0.5) is 5.95 Å². The molecule has 1 heterocycles. The van der Waals surface area contributed by atoms with E-state index in [1.54, 1.807) is 12.1 Å². The quantitative estimate of drug-likeness (QED) is 0.627. The molecule has 23 heavy (non-hydrogen) atoms. The topological polar surface area (TPSA) is 100 Å². The fourth-order valence-electron chi connectivity index (χ4n) is 1.69. The molecule has 0 radical (unpaired) electrons. The molecular weight excluding hydrogens is 340 g/mol. The average Bonchev–Trinajstić information content (AvgIpc) is 2.92. The van der Waals surface area contributed by atoms with Crippen molar-refractivity contribution in [1.82, 2.24) is 14.8 Å². The number of hydrogen-bond acceptors (Lipinski definition) is 7. The van der Waals surface area contributed by atoms with Crippen LogP contribution in [0.15, 0.2) is 29.4 Å². The van der Waals surface area contributed by atoms with Gasteiger partial charge in [-0.15, -0.1) is 5.10 Å². The third kappa shape index (κ3) is 4.97. The molecular formula is C14H15ClN4O3S. The zero-order chi connectivity index (χ0) is 16.8. The predicted octanol–water partition coefficient (Wildman–Crippen LogP) is 2.40. The second kappa shape index (κ2) is 7.98. The van der Waals surface area contributed by atoms with Crippen LogP contribution >= 0.6 is 23.4 Å². The van der Waals surface area contributed by atoms with Crippen molar-refractivity contribution in [3.63, 3.8) is 0 Å². The van der Waals surface area contributed by atoms with E-state index in [1.165, 1.54) is 18.9 Å². The molecule has 9 heteroatoms. The molecule has 0 saturated carbocycles. The van der Waals surface area contributed by atoms with Crippen LogP contribution in [0.25, 0.3) is 0 Å². The van der Waals surface area contributed by atoms with E-state index in [4.69, 9.17) is 17.3 Å². The zero-order valence-electron chi connectivity index (χ0n) is 12.4. The monoisotopic (exact) mass is 354 g/mol. The molecule has 0 aliphatic heterocycles. The van der Waals surface area contributed by atoms with E-state index >= 15 is 0 Å². The first-order valence-corrected chi connectivity index (χ1v) is 8.05. The van der Waals surface area contributed by atoms with Gasteiger partial charge in [-0.25, -0.2) is 0 Å². The van der Waals surface area contributed by atoms with E-state index in [2.05, 4.69) is 14.8 Å². The van der Waals surface area contributed by atoms with E-state index in [1.807, 2.05) is 12.1 Å². The number of ether oxygens (including phenoxy) is 1. The normalized spacial score (nSPS) is 10.5. The van der Waals surface area contributed by atoms with Gasteiger partial charge in [-0.2, -0.15) is 9.67 Å². The number of nitrogen functional groups attached to an aromatic ring is 1. The summed E-state index contributed by atoms with van der Waals surface area (Å²) in [7, 11) is 1.27. The number of carbonyl (C=O) groups excluding carboxylic acids is 2. The first-order chi connectivity index (χ1) is 11.0. The maximum absolute atomic E-state index is 12.0. The lowest BCUT2D eigenvalue weighted by molar-refractivity contribution is -0.140. The number of thioether (sulfide) groups is 1. The van der Waals surface area contributed by atoms with E-state index in [9.17, 15) is 9.59 Å². The molecule has 1 aromatic carbocycles. The Morgan fingerprint density at radius 2 is 2.00 bits per heavy atom. The standard InChI is InChI=1S/C14H15ClN4O3S/c1-22-12(21)7-6-11(20)19-13(16)17-14(18-19)23-8-9-2-4-10(15)5-3-9/h2-5H,6-8H2,1H3,(H2,16,17,18). The largest absolute Gasteiger partial charge is 0.469 e. The van der Waals surface area contributed by atoms with Crippen LogP contribution in [0, 0.1) is 0 Å². The Labute approximate surface area is 142 Å². The molecule has 2 N–H and O–H groups in total. The van der Waals surface area contributed by atoms with Crippen molar-refractivity contribution in [3.05, 3.63) is 34.9 Å². The van der Waals surface area contributed by atoms with Gasteiger partial charge in [-0.05, 0) is 17.7 Å². The van der Waals surface area contributed by atoms with Gasteiger partial charge in [0.05, 0.1) is 13.5 Å². The molecule has 7 nitrogen and oxygen atoms in total. The lowest BCUT2D eigenvalue weighted by atomic mass is 10.2. The van der Waals surface area contributed by atoms with Crippen LogP contribution in [0.5, 0.6) is 0 Å². The summed E-state index contributed by atoms with van der Waals surface area (Å²) in [6.07, 6.45) is -0.0661. The number of methoxy groups -OCH3 is 1. The van der Waals surface area contributed by atoms with Crippen LogP contribution in [-0.4, -0.2) is 33.8 Å². The summed E-state index contributed by atoms with van der Waals surface area (Å²) >= 11 is 7.18. The fourth-order valence-corrected chi connectivity index (χ4v) is 2.61. The lowest BCUT2D eigenvalue weighted by Gasteiger charge is -2.00. The molecule has 0 bridgehead atoms. The number of esters is 1. The molecule has 0 aliphatic rings. The van der Waals surface area contributed by atoms with E-state index in [0.717, 1.165) is 10.2 Å². The van der Waals surface area contributed by atoms with Gasteiger partial charge in [-0.3, -0.25) is 9.59 Å². The number of hydrogen-bond donors (Lipinski definition) is 1. The first kappa shape index (κ1) is 17.3. The van der Waals surface area contributed by atoms with Gasteiger partial charge in [-0.1, -0.05) is 35.5 Å². The summed E-state index contributed by atoms with van der Waals surface area (Å²) in [5, 5.41) is 5.12. The van der Waals surface area contributed by atoms with Crippen molar-refractivity contribution < 1.29 is 14.3 Å². The van der Waals surface area contributed by atoms with Crippen molar-refractivity contribution >= 4 is 41.2 Å². The molecule has 1 aromatic heterocycles. The zero-order valence-corrected chi connectivity index (χ0v) is 13.9. The third-order valence-corrected chi connectivity index (χ3v) is 4.06. The highest BCUT2D eigenvalue weighted by atomic mass is 35.5. The molecule has 2 aromatic rings. The van der Waals surface area contributed by atoms with Gasteiger partial charge in [0.25, 0.3) is 5.91 Å². The number of nitrogens with two attached hydrogens (primary N) is 1. The molecule has 0 atom stereocenters. The minimum Gasteiger partial charge on any atom is -0.469 e. The Morgan fingerprint density at radius 3 is 2.65 bits per heavy atom. The van der Waals surface area contributed by atoms with Gasteiger partial charge in [0.2, 0.25) is 11.1 Å². The maximum atomic E-state index is 12.0. The summed E-state index contributed by atoms with van der Waals surface area (Å²) in [5.74, 6) is -0.247. The fraction of sp³-hybridized carbons (Fsp3) is 0.286. The minimum atomic E-state index is -0.464. The molecule has 0 amide bonds. The van der Waals surface area contributed by atoms with Crippen LogP contribution < -0.4 is 5.73 Å². The SMILES string of the molecule is COC(=O)CCC(=O)n1nc(SCc2ccc(Cl)cc2)nc1N. The third-order valence-electron chi connectivity index (χ3n) is 2.90. The molecule has 122 valence electrons. The van der Waals surface area contributed by atoms with Gasteiger partial charge in [0.1, 0.15) is 0 Å². The Bertz CT molecular complexity index is 703. The van der Waals surface area contributed by atoms with Gasteiger partial charge in [0, 0.05) is 17.2 Å². The summed E-state index contributed by atoms with van der Waals surface area (Å²) in [6, 6.07) is 7.40. The Kier molecular flexibility index (Phi) is 6.00. The number of nitrogens with zero attached hydrogens (tertiary/aromatic N) is 3. The highest BCUT2D eigenvalue weighted by Gasteiger charge is 2.15. The van der Waals surface area contributed by atoms with E-state index < -0.39 is 11.9 Å². The second-order valence-corrected chi connectivity index (χ2v) is 5.93. The van der Waals surface area contributed by atoms with Crippen LogP contribution in [0.3, 0.4) is 0 Å². The number of halogens is 1. The summed E-state index contributed by atoms with van der Waals surface area (Å²) in [4.78, 5) is 27.1. The van der Waals surface area contributed by atoms with Crippen LogP contribution in [-0.2, 0) is 15.3 Å². The minimum absolute atomic E-state index is 0.00141. The number of anilines is 1. The number of benzene rings is 1. The lowest BCUT2D eigenvalue weighted by Crippen LogP contribution is -2.16. The van der Waals surface area contributed by atoms with Gasteiger partial charge >= 0.3 is 5.97 Å². The number of rotatable bonds is 6. The summed E-state index contributed by atoms with van der Waals surface area (Å²) in [5.41, 5.74) is 6.74. The smallest absolute Gasteiger partial charge is 0.306 e. The highest BCUT2D eigenvalue weighted by molar-refractivity contribution is 7.98. The van der Waals surface area contributed by atoms with Gasteiger partial charge in [0.15, 0.2) is 0 Å². The summed E-state index contributed by atoms with van der Waals surface area (Å²) in [6.45, 7) is 0.